The highest BCUT2D eigenvalue weighted by Crippen LogP contribution is 2.07. The van der Waals surface area contributed by atoms with Gasteiger partial charge in [0.25, 0.3) is 0 Å². The number of amides is 1. The van der Waals surface area contributed by atoms with E-state index in [0.29, 0.717) is 13.1 Å². The number of likely N-dealkylation sites (tertiary alicyclic amines) is 1. The van der Waals surface area contributed by atoms with Gasteiger partial charge in [0.2, 0.25) is 0 Å². The van der Waals surface area contributed by atoms with E-state index in [9.17, 15) is 4.79 Å². The Hall–Kier alpha value is -0.770. The first-order chi connectivity index (χ1) is 4.70. The number of carbonyl (C=O) groups is 1. The van der Waals surface area contributed by atoms with E-state index >= 15 is 0 Å². The molecule has 4 nitrogen and oxygen atoms in total. The van der Waals surface area contributed by atoms with Crippen LogP contribution in [0, 0.1) is 0 Å². The second-order valence-electron chi connectivity index (χ2n) is 2.63. The van der Waals surface area contributed by atoms with Gasteiger partial charge < -0.3 is 15.7 Å². The Balaban J connectivity index is 2.39. The molecule has 10 heavy (non-hydrogen) atoms. The normalized spacial score (nSPS) is 26.5. The van der Waals surface area contributed by atoms with Crippen LogP contribution < -0.4 is 5.73 Å². The minimum absolute atomic E-state index is 0.0462. The number of carboxylic acid groups (broad SMARTS) is 1. The van der Waals surface area contributed by atoms with Gasteiger partial charge in [-0.15, -0.1) is 0 Å². The molecule has 1 saturated heterocycles. The molecule has 58 valence electrons. The first-order valence-corrected chi connectivity index (χ1v) is 3.43. The molecule has 1 rings (SSSR count). The third-order valence-electron chi connectivity index (χ3n) is 1.73. The molecule has 1 heterocycles. The summed E-state index contributed by atoms with van der Waals surface area (Å²) in [6.45, 7) is 1.14. The van der Waals surface area contributed by atoms with E-state index in [1.807, 2.05) is 0 Å². The smallest absolute Gasteiger partial charge is 0.407 e. The monoisotopic (exact) mass is 144 g/mol. The standard InChI is InChI=1S/C6H12N2O2/c7-5-2-1-3-8(4-5)6(9)10/h5H,1-4,7H2,(H,9,10). The molecule has 1 aliphatic rings. The molecule has 1 unspecified atom stereocenters. The van der Waals surface area contributed by atoms with Gasteiger partial charge in [-0.1, -0.05) is 0 Å². The Morgan fingerprint density at radius 1 is 1.70 bits per heavy atom. The van der Waals surface area contributed by atoms with Crippen LogP contribution in [0.25, 0.3) is 0 Å². The van der Waals surface area contributed by atoms with Crippen molar-refractivity contribution in [1.82, 2.24) is 4.90 Å². The van der Waals surface area contributed by atoms with E-state index in [0.717, 1.165) is 12.8 Å². The Morgan fingerprint density at radius 3 is 2.80 bits per heavy atom. The highest BCUT2D eigenvalue weighted by atomic mass is 16.4. The van der Waals surface area contributed by atoms with E-state index in [2.05, 4.69) is 0 Å². The second-order valence-corrected chi connectivity index (χ2v) is 2.63. The fourth-order valence-electron chi connectivity index (χ4n) is 1.18. The highest BCUT2D eigenvalue weighted by molar-refractivity contribution is 5.65. The van der Waals surface area contributed by atoms with Crippen molar-refractivity contribution < 1.29 is 9.90 Å². The fraction of sp³-hybridized carbons (Fsp3) is 0.833. The summed E-state index contributed by atoms with van der Waals surface area (Å²) in [4.78, 5) is 11.7. The maximum Gasteiger partial charge on any atom is 0.407 e. The fourth-order valence-corrected chi connectivity index (χ4v) is 1.18. The van der Waals surface area contributed by atoms with Gasteiger partial charge in [0.15, 0.2) is 0 Å². The summed E-state index contributed by atoms with van der Waals surface area (Å²) in [7, 11) is 0. The average molecular weight is 144 g/mol. The molecule has 0 bridgehead atoms. The molecule has 0 radical (unpaired) electrons. The van der Waals surface area contributed by atoms with E-state index < -0.39 is 6.09 Å². The van der Waals surface area contributed by atoms with Gasteiger partial charge in [-0.2, -0.15) is 0 Å². The van der Waals surface area contributed by atoms with Gasteiger partial charge in [-0.05, 0) is 12.8 Å². The lowest BCUT2D eigenvalue weighted by molar-refractivity contribution is 0.131. The Morgan fingerprint density at radius 2 is 2.40 bits per heavy atom. The van der Waals surface area contributed by atoms with Crippen molar-refractivity contribution in [2.45, 2.75) is 18.9 Å². The Kier molecular flexibility index (Phi) is 2.11. The van der Waals surface area contributed by atoms with Gasteiger partial charge >= 0.3 is 6.09 Å². The van der Waals surface area contributed by atoms with Crippen molar-refractivity contribution in [2.75, 3.05) is 13.1 Å². The first kappa shape index (κ1) is 7.34. The Bertz CT molecular complexity index is 138. The summed E-state index contributed by atoms with van der Waals surface area (Å²) >= 11 is 0. The molecule has 0 aromatic rings. The molecule has 1 amide bonds. The lowest BCUT2D eigenvalue weighted by atomic mass is 10.1. The summed E-state index contributed by atoms with van der Waals surface area (Å²) in [5, 5.41) is 8.53. The van der Waals surface area contributed by atoms with Crippen LogP contribution in [-0.2, 0) is 0 Å². The summed E-state index contributed by atoms with van der Waals surface area (Å²) in [5.74, 6) is 0. The lowest BCUT2D eigenvalue weighted by Crippen LogP contribution is -2.45. The summed E-state index contributed by atoms with van der Waals surface area (Å²) in [5.41, 5.74) is 5.56. The van der Waals surface area contributed by atoms with Crippen LogP contribution in [0.4, 0.5) is 4.79 Å². The van der Waals surface area contributed by atoms with Gasteiger partial charge in [0, 0.05) is 19.1 Å². The summed E-state index contributed by atoms with van der Waals surface area (Å²) in [6, 6.07) is 0.0462. The molecular formula is C6H12N2O2. The van der Waals surface area contributed by atoms with Crippen molar-refractivity contribution in [2.24, 2.45) is 5.73 Å². The lowest BCUT2D eigenvalue weighted by Gasteiger charge is -2.27. The van der Waals surface area contributed by atoms with Gasteiger partial charge in [-0.3, -0.25) is 0 Å². The van der Waals surface area contributed by atoms with Gasteiger partial charge in [0.05, 0.1) is 0 Å². The van der Waals surface area contributed by atoms with E-state index in [4.69, 9.17) is 10.8 Å². The number of nitrogens with two attached hydrogens (primary N) is 1. The zero-order valence-corrected chi connectivity index (χ0v) is 5.79. The maximum absolute atomic E-state index is 10.4. The number of hydrogen-bond donors (Lipinski definition) is 2. The third-order valence-corrected chi connectivity index (χ3v) is 1.73. The molecule has 4 heteroatoms. The topological polar surface area (TPSA) is 66.6 Å². The summed E-state index contributed by atoms with van der Waals surface area (Å²) < 4.78 is 0. The number of piperidine rings is 1. The van der Waals surface area contributed by atoms with Gasteiger partial charge in [0.1, 0.15) is 0 Å². The molecular weight excluding hydrogens is 132 g/mol. The first-order valence-electron chi connectivity index (χ1n) is 3.43. The van der Waals surface area contributed by atoms with E-state index in [-0.39, 0.29) is 6.04 Å². The number of rotatable bonds is 0. The minimum Gasteiger partial charge on any atom is -0.465 e. The van der Waals surface area contributed by atoms with Crippen molar-refractivity contribution in [3.05, 3.63) is 0 Å². The Labute approximate surface area is 59.6 Å². The van der Waals surface area contributed by atoms with Gasteiger partial charge in [-0.25, -0.2) is 4.79 Å². The third kappa shape index (κ3) is 1.60. The predicted molar refractivity (Wildman–Crippen MR) is 36.8 cm³/mol. The van der Waals surface area contributed by atoms with Crippen molar-refractivity contribution in [1.29, 1.82) is 0 Å². The van der Waals surface area contributed by atoms with Crippen LogP contribution in [0.5, 0.6) is 0 Å². The molecule has 3 N–H and O–H groups in total. The summed E-state index contributed by atoms with van der Waals surface area (Å²) in [6.07, 6.45) is 0.993. The molecule has 0 aromatic heterocycles. The SMILES string of the molecule is NC1CCCN(C(=O)O)C1. The zero-order valence-electron chi connectivity index (χ0n) is 5.79. The molecule has 1 aliphatic heterocycles. The van der Waals surface area contributed by atoms with Crippen LogP contribution in [0.15, 0.2) is 0 Å². The quantitative estimate of drug-likeness (QED) is 0.506. The second kappa shape index (κ2) is 2.88. The average Bonchev–Trinajstić information content (AvgIpc) is 1.88. The molecule has 1 atom stereocenters. The van der Waals surface area contributed by atoms with Crippen molar-refractivity contribution in [3.63, 3.8) is 0 Å². The predicted octanol–water partition coefficient (Wildman–Crippen LogP) is 0.0875. The molecule has 1 fully saturated rings. The molecule has 0 aliphatic carbocycles. The molecule has 0 spiro atoms. The van der Waals surface area contributed by atoms with Crippen LogP contribution in [-0.4, -0.2) is 35.2 Å². The number of hydrogen-bond acceptors (Lipinski definition) is 2. The van der Waals surface area contributed by atoms with Crippen molar-refractivity contribution >= 4 is 6.09 Å². The minimum atomic E-state index is -0.852. The largest absolute Gasteiger partial charge is 0.465 e. The van der Waals surface area contributed by atoms with Crippen LogP contribution in [0.2, 0.25) is 0 Å². The maximum atomic E-state index is 10.4. The highest BCUT2D eigenvalue weighted by Gasteiger charge is 2.19. The molecule has 0 saturated carbocycles. The van der Waals surface area contributed by atoms with E-state index in [1.165, 1.54) is 4.90 Å². The van der Waals surface area contributed by atoms with Crippen LogP contribution in [0.3, 0.4) is 0 Å². The van der Waals surface area contributed by atoms with E-state index in [1.54, 1.807) is 0 Å². The molecule has 0 aromatic carbocycles. The number of nitrogens with zero attached hydrogens (tertiary/aromatic N) is 1. The van der Waals surface area contributed by atoms with Crippen LogP contribution in [0.1, 0.15) is 12.8 Å². The van der Waals surface area contributed by atoms with Crippen LogP contribution >= 0.6 is 0 Å². The zero-order chi connectivity index (χ0) is 7.56. The van der Waals surface area contributed by atoms with Crippen molar-refractivity contribution in [3.8, 4) is 0 Å².